The zero-order valence-electron chi connectivity index (χ0n) is 15.1. The summed E-state index contributed by atoms with van der Waals surface area (Å²) in [4.78, 5) is 14.6. The molecule has 0 aromatic rings. The van der Waals surface area contributed by atoms with Crippen molar-refractivity contribution in [2.24, 2.45) is 5.92 Å². The summed E-state index contributed by atoms with van der Waals surface area (Å²) >= 11 is 0. The van der Waals surface area contributed by atoms with E-state index in [1.165, 1.54) is 0 Å². The van der Waals surface area contributed by atoms with Gasteiger partial charge in [0.2, 0.25) is 0 Å². The fourth-order valence-electron chi connectivity index (χ4n) is 3.53. The lowest BCUT2D eigenvalue weighted by molar-refractivity contribution is -0.124. The van der Waals surface area contributed by atoms with Crippen molar-refractivity contribution in [3.05, 3.63) is 0 Å². The maximum absolute atomic E-state index is 12.2. The van der Waals surface area contributed by atoms with Crippen LogP contribution in [-0.2, 0) is 9.47 Å². The average Bonchev–Trinajstić information content (AvgIpc) is 2.55. The Kier molecular flexibility index (Phi) is 6.90. The van der Waals surface area contributed by atoms with Crippen LogP contribution >= 0.6 is 0 Å². The van der Waals surface area contributed by atoms with Crippen LogP contribution in [-0.4, -0.2) is 68.1 Å². The number of hydrogen-bond donors (Lipinski definition) is 2. The molecule has 0 spiro atoms. The highest BCUT2D eigenvalue weighted by atomic mass is 16.5. The van der Waals surface area contributed by atoms with Gasteiger partial charge < -0.3 is 20.1 Å². The number of morpholine rings is 1. The van der Waals surface area contributed by atoms with Gasteiger partial charge in [0.1, 0.15) is 0 Å². The first-order valence-corrected chi connectivity index (χ1v) is 8.95. The van der Waals surface area contributed by atoms with E-state index in [1.54, 1.807) is 0 Å². The van der Waals surface area contributed by atoms with Gasteiger partial charge in [-0.25, -0.2) is 4.79 Å². The summed E-state index contributed by atoms with van der Waals surface area (Å²) in [5.74, 6) is 2.83. The first-order chi connectivity index (χ1) is 11.5. The molecule has 2 amide bonds. The summed E-state index contributed by atoms with van der Waals surface area (Å²) in [6.45, 7) is 10.7. The topological polar surface area (TPSA) is 62.8 Å². The Hall–Kier alpha value is -1.29. The molecule has 6 heteroatoms. The van der Waals surface area contributed by atoms with E-state index >= 15 is 0 Å². The molecule has 2 aliphatic rings. The van der Waals surface area contributed by atoms with E-state index in [0.29, 0.717) is 6.54 Å². The van der Waals surface area contributed by atoms with E-state index in [1.807, 2.05) is 20.8 Å². The van der Waals surface area contributed by atoms with Gasteiger partial charge in [-0.2, -0.15) is 0 Å². The molecule has 1 aliphatic carbocycles. The number of carbonyl (C=O) groups is 1. The van der Waals surface area contributed by atoms with Crippen LogP contribution in [0.3, 0.4) is 0 Å². The molecule has 1 saturated carbocycles. The molecule has 0 unspecified atom stereocenters. The van der Waals surface area contributed by atoms with Gasteiger partial charge in [0, 0.05) is 31.8 Å². The quantitative estimate of drug-likeness (QED) is 0.686. The van der Waals surface area contributed by atoms with Gasteiger partial charge in [0.05, 0.1) is 25.4 Å². The highest BCUT2D eigenvalue weighted by Gasteiger charge is 2.49. The van der Waals surface area contributed by atoms with Gasteiger partial charge in [-0.3, -0.25) is 4.90 Å². The SMILES string of the molecule is C#C[C@@H](NC(=O)NCC1(N2CCOCC2)CC(OCC)C1)C(C)C. The fourth-order valence-corrected chi connectivity index (χ4v) is 3.53. The van der Waals surface area contributed by atoms with Crippen LogP contribution in [0.5, 0.6) is 0 Å². The second kappa shape index (κ2) is 8.70. The van der Waals surface area contributed by atoms with Crippen LogP contribution in [0.25, 0.3) is 0 Å². The van der Waals surface area contributed by atoms with E-state index in [0.717, 1.165) is 45.8 Å². The van der Waals surface area contributed by atoms with Crippen molar-refractivity contribution in [1.29, 1.82) is 0 Å². The zero-order chi connectivity index (χ0) is 17.6. The van der Waals surface area contributed by atoms with Crippen LogP contribution in [0.15, 0.2) is 0 Å². The average molecular weight is 337 g/mol. The molecule has 2 rings (SSSR count). The van der Waals surface area contributed by atoms with E-state index in [4.69, 9.17) is 15.9 Å². The minimum Gasteiger partial charge on any atom is -0.379 e. The fraction of sp³-hybridized carbons (Fsp3) is 0.833. The molecule has 0 aromatic carbocycles. The molecule has 1 saturated heterocycles. The Balaban J connectivity index is 1.89. The number of rotatable bonds is 7. The molecule has 136 valence electrons. The molecule has 24 heavy (non-hydrogen) atoms. The highest BCUT2D eigenvalue weighted by Crippen LogP contribution is 2.39. The standard InChI is InChI=1S/C18H31N3O3/c1-5-16(14(3)4)20-17(22)19-13-18(11-15(12-18)24-6-2)21-7-9-23-10-8-21/h1,14-16H,6-13H2,2-4H3,(H2,19,20,22)/t15?,16-,18?/m1/s1. The van der Waals surface area contributed by atoms with E-state index < -0.39 is 0 Å². The third kappa shape index (κ3) is 4.62. The highest BCUT2D eigenvalue weighted by molar-refractivity contribution is 5.74. The summed E-state index contributed by atoms with van der Waals surface area (Å²) in [5.41, 5.74) is -0.0234. The van der Waals surface area contributed by atoms with Crippen molar-refractivity contribution >= 4 is 6.03 Å². The lowest BCUT2D eigenvalue weighted by Gasteiger charge is -2.55. The van der Waals surface area contributed by atoms with Crippen molar-refractivity contribution in [3.8, 4) is 12.3 Å². The van der Waals surface area contributed by atoms with E-state index in [9.17, 15) is 4.79 Å². The number of hydrogen-bond acceptors (Lipinski definition) is 4. The molecule has 0 aromatic heterocycles. The van der Waals surface area contributed by atoms with Gasteiger partial charge in [-0.15, -0.1) is 6.42 Å². The first-order valence-electron chi connectivity index (χ1n) is 8.95. The number of amides is 2. The van der Waals surface area contributed by atoms with Crippen LogP contribution in [0.2, 0.25) is 0 Å². The van der Waals surface area contributed by atoms with Gasteiger partial charge in [-0.1, -0.05) is 19.8 Å². The largest absolute Gasteiger partial charge is 0.379 e. The van der Waals surface area contributed by atoms with Crippen LogP contribution < -0.4 is 10.6 Å². The Morgan fingerprint density at radius 3 is 2.62 bits per heavy atom. The monoisotopic (exact) mass is 337 g/mol. The Morgan fingerprint density at radius 1 is 1.42 bits per heavy atom. The molecule has 1 atom stereocenters. The summed E-state index contributed by atoms with van der Waals surface area (Å²) in [6, 6.07) is -0.443. The zero-order valence-corrected chi connectivity index (χ0v) is 15.1. The van der Waals surface area contributed by atoms with Gasteiger partial charge >= 0.3 is 6.03 Å². The number of nitrogens with zero attached hydrogens (tertiary/aromatic N) is 1. The molecule has 0 radical (unpaired) electrons. The minimum atomic E-state index is -0.248. The van der Waals surface area contributed by atoms with Gasteiger partial charge in [-0.05, 0) is 25.7 Å². The Bertz CT molecular complexity index is 449. The molecule has 0 bridgehead atoms. The van der Waals surface area contributed by atoms with Crippen molar-refractivity contribution in [1.82, 2.24) is 15.5 Å². The molecular weight excluding hydrogens is 306 g/mol. The smallest absolute Gasteiger partial charge is 0.315 e. The number of nitrogens with one attached hydrogen (secondary N) is 2. The lowest BCUT2D eigenvalue weighted by atomic mass is 9.72. The van der Waals surface area contributed by atoms with Crippen LogP contribution in [0.1, 0.15) is 33.6 Å². The predicted molar refractivity (Wildman–Crippen MR) is 93.8 cm³/mol. The molecule has 2 fully saturated rings. The minimum absolute atomic E-state index is 0.0234. The predicted octanol–water partition coefficient (Wildman–Crippen LogP) is 1.21. The summed E-state index contributed by atoms with van der Waals surface area (Å²) in [5, 5.41) is 5.89. The number of ether oxygens (including phenoxy) is 2. The van der Waals surface area contributed by atoms with E-state index in [2.05, 4.69) is 21.5 Å². The maximum Gasteiger partial charge on any atom is 0.315 e. The second-order valence-electron chi connectivity index (χ2n) is 7.02. The molecule has 1 heterocycles. The Labute approximate surface area is 145 Å². The van der Waals surface area contributed by atoms with Gasteiger partial charge in [0.15, 0.2) is 0 Å². The molecule has 6 nitrogen and oxygen atoms in total. The molecular formula is C18H31N3O3. The second-order valence-corrected chi connectivity index (χ2v) is 7.02. The third-order valence-corrected chi connectivity index (χ3v) is 5.01. The summed E-state index contributed by atoms with van der Waals surface area (Å²) in [7, 11) is 0. The molecule has 1 aliphatic heterocycles. The molecule has 2 N–H and O–H groups in total. The normalized spacial score (nSPS) is 28.7. The maximum atomic E-state index is 12.2. The number of terminal acetylenes is 1. The summed E-state index contributed by atoms with van der Waals surface area (Å²) < 4.78 is 11.2. The Morgan fingerprint density at radius 2 is 2.08 bits per heavy atom. The van der Waals surface area contributed by atoms with E-state index in [-0.39, 0.29) is 29.6 Å². The number of carbonyl (C=O) groups excluding carboxylic acids is 1. The lowest BCUT2D eigenvalue weighted by Crippen LogP contribution is -2.67. The third-order valence-electron chi connectivity index (χ3n) is 5.01. The van der Waals surface area contributed by atoms with Crippen molar-refractivity contribution in [2.45, 2.75) is 51.3 Å². The van der Waals surface area contributed by atoms with Crippen LogP contribution in [0.4, 0.5) is 4.79 Å². The van der Waals surface area contributed by atoms with Gasteiger partial charge in [0.25, 0.3) is 0 Å². The van der Waals surface area contributed by atoms with Crippen molar-refractivity contribution in [3.63, 3.8) is 0 Å². The van der Waals surface area contributed by atoms with Crippen molar-refractivity contribution < 1.29 is 14.3 Å². The van der Waals surface area contributed by atoms with Crippen molar-refractivity contribution in [2.75, 3.05) is 39.5 Å². The first kappa shape index (κ1) is 19.0. The summed E-state index contributed by atoms with van der Waals surface area (Å²) in [6.07, 6.45) is 7.66. The van der Waals surface area contributed by atoms with Crippen LogP contribution in [0, 0.1) is 18.3 Å². The number of urea groups is 1.